The van der Waals surface area contributed by atoms with E-state index in [-0.39, 0.29) is 18.3 Å². The summed E-state index contributed by atoms with van der Waals surface area (Å²) in [5.74, 6) is 0.863. The van der Waals surface area contributed by atoms with Crippen molar-refractivity contribution in [3.05, 3.63) is 29.3 Å². The third-order valence-corrected chi connectivity index (χ3v) is 4.38. The van der Waals surface area contributed by atoms with E-state index in [0.717, 1.165) is 61.8 Å². The van der Waals surface area contributed by atoms with Gasteiger partial charge in [-0.3, -0.25) is 0 Å². The number of hydrogen-bond donors (Lipinski definition) is 2. The van der Waals surface area contributed by atoms with E-state index in [2.05, 4.69) is 0 Å². The van der Waals surface area contributed by atoms with Gasteiger partial charge in [-0.25, -0.2) is 0 Å². The number of hydrogen-bond acceptors (Lipinski definition) is 3. The molecule has 1 aromatic carbocycles. The van der Waals surface area contributed by atoms with Crippen LogP contribution in [0.2, 0.25) is 0 Å². The molecular formula is C16H22O3. The molecule has 3 atom stereocenters. The van der Waals surface area contributed by atoms with Gasteiger partial charge in [0.25, 0.3) is 0 Å². The van der Waals surface area contributed by atoms with Gasteiger partial charge in [-0.05, 0) is 55.7 Å². The van der Waals surface area contributed by atoms with E-state index in [1.807, 2.05) is 18.2 Å². The second kappa shape index (κ2) is 5.51. The highest BCUT2D eigenvalue weighted by atomic mass is 16.5. The van der Waals surface area contributed by atoms with Crippen LogP contribution >= 0.6 is 0 Å². The van der Waals surface area contributed by atoms with Gasteiger partial charge in [-0.1, -0.05) is 18.6 Å². The number of benzene rings is 1. The predicted molar refractivity (Wildman–Crippen MR) is 73.2 cm³/mol. The van der Waals surface area contributed by atoms with Gasteiger partial charge in [0.1, 0.15) is 11.9 Å². The molecule has 0 heterocycles. The van der Waals surface area contributed by atoms with Crippen LogP contribution in [-0.4, -0.2) is 22.4 Å². The smallest absolute Gasteiger partial charge is 0.124 e. The van der Waals surface area contributed by atoms with Crippen LogP contribution in [0.3, 0.4) is 0 Å². The zero-order chi connectivity index (χ0) is 13.2. The van der Waals surface area contributed by atoms with E-state index in [1.165, 1.54) is 0 Å². The van der Waals surface area contributed by atoms with Crippen molar-refractivity contribution in [3.63, 3.8) is 0 Å². The molecule has 1 fully saturated rings. The van der Waals surface area contributed by atoms with E-state index in [4.69, 9.17) is 4.74 Å². The topological polar surface area (TPSA) is 49.7 Å². The first-order valence-corrected chi connectivity index (χ1v) is 7.40. The summed E-state index contributed by atoms with van der Waals surface area (Å²) in [5, 5.41) is 20.1. The Morgan fingerprint density at radius 2 is 1.84 bits per heavy atom. The summed E-state index contributed by atoms with van der Waals surface area (Å²) >= 11 is 0. The molecule has 3 unspecified atom stereocenters. The fourth-order valence-corrected chi connectivity index (χ4v) is 3.28. The Morgan fingerprint density at radius 1 is 1.00 bits per heavy atom. The molecule has 3 rings (SSSR count). The van der Waals surface area contributed by atoms with Gasteiger partial charge < -0.3 is 14.9 Å². The molecule has 19 heavy (non-hydrogen) atoms. The Balaban J connectivity index is 1.83. The van der Waals surface area contributed by atoms with E-state index in [0.29, 0.717) is 0 Å². The fourth-order valence-electron chi connectivity index (χ4n) is 3.28. The first-order chi connectivity index (χ1) is 9.25. The van der Waals surface area contributed by atoms with E-state index in [1.54, 1.807) is 0 Å². The third-order valence-electron chi connectivity index (χ3n) is 4.38. The normalized spacial score (nSPS) is 30.7. The zero-order valence-electron chi connectivity index (χ0n) is 11.2. The first kappa shape index (κ1) is 12.9. The molecule has 2 aliphatic rings. The SMILES string of the molecule is OC1CCCc2c(OC3CCCCC3O)cccc21. The molecule has 0 amide bonds. The first-order valence-electron chi connectivity index (χ1n) is 7.40. The van der Waals surface area contributed by atoms with Crippen LogP contribution in [0.4, 0.5) is 0 Å². The molecule has 3 nitrogen and oxygen atoms in total. The average Bonchev–Trinajstić information content (AvgIpc) is 2.42. The highest BCUT2D eigenvalue weighted by Gasteiger charge is 2.27. The van der Waals surface area contributed by atoms with Crippen LogP contribution in [0, 0.1) is 0 Å². The van der Waals surface area contributed by atoms with Gasteiger partial charge in [-0.15, -0.1) is 0 Å². The van der Waals surface area contributed by atoms with Crippen molar-refractivity contribution < 1.29 is 14.9 Å². The van der Waals surface area contributed by atoms with E-state index < -0.39 is 0 Å². The van der Waals surface area contributed by atoms with Crippen molar-refractivity contribution in [2.75, 3.05) is 0 Å². The van der Waals surface area contributed by atoms with E-state index in [9.17, 15) is 10.2 Å². The van der Waals surface area contributed by atoms with Crippen LogP contribution in [0.5, 0.6) is 5.75 Å². The highest BCUT2D eigenvalue weighted by molar-refractivity contribution is 5.43. The number of fused-ring (bicyclic) bond motifs is 1. The summed E-state index contributed by atoms with van der Waals surface area (Å²) < 4.78 is 6.05. The van der Waals surface area contributed by atoms with Crippen LogP contribution in [-0.2, 0) is 6.42 Å². The van der Waals surface area contributed by atoms with Crippen molar-refractivity contribution in [1.82, 2.24) is 0 Å². The molecule has 0 spiro atoms. The Bertz CT molecular complexity index is 444. The minimum Gasteiger partial charge on any atom is -0.487 e. The van der Waals surface area contributed by atoms with Gasteiger partial charge in [0.15, 0.2) is 0 Å². The largest absolute Gasteiger partial charge is 0.487 e. The summed E-state index contributed by atoms with van der Waals surface area (Å²) in [5.41, 5.74) is 2.15. The molecule has 3 heteroatoms. The zero-order valence-corrected chi connectivity index (χ0v) is 11.2. The van der Waals surface area contributed by atoms with Crippen LogP contribution in [0.15, 0.2) is 18.2 Å². The fraction of sp³-hybridized carbons (Fsp3) is 0.625. The molecular weight excluding hydrogens is 240 g/mol. The van der Waals surface area contributed by atoms with Crippen LogP contribution in [0.1, 0.15) is 55.8 Å². The second-order valence-corrected chi connectivity index (χ2v) is 5.74. The Kier molecular flexibility index (Phi) is 3.76. The summed E-state index contributed by atoms with van der Waals surface area (Å²) in [6.45, 7) is 0. The Hall–Kier alpha value is -1.06. The molecule has 2 aliphatic carbocycles. The summed E-state index contributed by atoms with van der Waals surface area (Å²) in [7, 11) is 0. The lowest BCUT2D eigenvalue weighted by molar-refractivity contribution is 0.00603. The molecule has 0 bridgehead atoms. The lowest BCUT2D eigenvalue weighted by Gasteiger charge is -2.31. The maximum atomic E-state index is 10.0. The van der Waals surface area contributed by atoms with Crippen molar-refractivity contribution in [2.24, 2.45) is 0 Å². The standard InChI is InChI=1S/C16H22O3/c17-13-8-3-6-12-11(13)5-4-10-15(12)19-16-9-2-1-7-14(16)18/h4-5,10,13-14,16-18H,1-3,6-9H2. The molecule has 0 saturated heterocycles. The van der Waals surface area contributed by atoms with Crippen LogP contribution in [0.25, 0.3) is 0 Å². The molecule has 104 valence electrons. The second-order valence-electron chi connectivity index (χ2n) is 5.74. The number of ether oxygens (including phenoxy) is 1. The van der Waals surface area contributed by atoms with Gasteiger partial charge >= 0.3 is 0 Å². The summed E-state index contributed by atoms with van der Waals surface area (Å²) in [4.78, 5) is 0. The lowest BCUT2D eigenvalue weighted by Crippen LogP contribution is -2.35. The van der Waals surface area contributed by atoms with Gasteiger partial charge in [0.05, 0.1) is 12.2 Å². The molecule has 0 radical (unpaired) electrons. The number of aliphatic hydroxyl groups is 2. The van der Waals surface area contributed by atoms with Crippen molar-refractivity contribution >= 4 is 0 Å². The maximum Gasteiger partial charge on any atom is 0.124 e. The predicted octanol–water partition coefficient (Wildman–Crippen LogP) is 2.74. The van der Waals surface area contributed by atoms with Gasteiger partial charge in [0.2, 0.25) is 0 Å². The Morgan fingerprint density at radius 3 is 2.68 bits per heavy atom. The quantitative estimate of drug-likeness (QED) is 0.861. The van der Waals surface area contributed by atoms with E-state index >= 15 is 0 Å². The van der Waals surface area contributed by atoms with Crippen LogP contribution < -0.4 is 4.74 Å². The highest BCUT2D eigenvalue weighted by Crippen LogP contribution is 2.36. The average molecular weight is 262 g/mol. The summed E-state index contributed by atoms with van der Waals surface area (Å²) in [6, 6.07) is 5.90. The third kappa shape index (κ3) is 2.63. The van der Waals surface area contributed by atoms with Crippen molar-refractivity contribution in [1.29, 1.82) is 0 Å². The number of aliphatic hydroxyl groups excluding tert-OH is 2. The molecule has 1 aromatic rings. The Labute approximate surface area is 114 Å². The molecule has 1 saturated carbocycles. The summed E-state index contributed by atoms with van der Waals surface area (Å²) in [6.07, 6.45) is 5.98. The monoisotopic (exact) mass is 262 g/mol. The molecule has 0 aliphatic heterocycles. The van der Waals surface area contributed by atoms with Crippen molar-refractivity contribution in [2.45, 2.75) is 63.3 Å². The lowest BCUT2D eigenvalue weighted by atomic mass is 9.88. The minimum absolute atomic E-state index is 0.0840. The van der Waals surface area contributed by atoms with Gasteiger partial charge in [0, 0.05) is 0 Å². The number of rotatable bonds is 2. The molecule has 0 aromatic heterocycles. The minimum atomic E-state index is -0.358. The molecule has 2 N–H and O–H groups in total. The van der Waals surface area contributed by atoms with Gasteiger partial charge in [-0.2, -0.15) is 0 Å². The maximum absolute atomic E-state index is 10.0. The van der Waals surface area contributed by atoms with Crippen molar-refractivity contribution in [3.8, 4) is 5.75 Å².